The van der Waals surface area contributed by atoms with E-state index < -0.39 is 5.92 Å². The number of aryl methyl sites for hydroxylation is 1. The van der Waals surface area contributed by atoms with E-state index in [0.29, 0.717) is 6.42 Å². The Morgan fingerprint density at radius 3 is 2.78 bits per heavy atom. The van der Waals surface area contributed by atoms with E-state index in [2.05, 4.69) is 5.10 Å². The van der Waals surface area contributed by atoms with Gasteiger partial charge in [0.1, 0.15) is 0 Å². The summed E-state index contributed by atoms with van der Waals surface area (Å²) in [5.41, 5.74) is 7.19. The molecule has 5 heteroatoms. The lowest BCUT2D eigenvalue weighted by Gasteiger charge is -2.11. The molecule has 0 amide bonds. The average Bonchev–Trinajstić information content (AvgIpc) is 2.77. The summed E-state index contributed by atoms with van der Waals surface area (Å²) in [4.78, 5) is 0. The first-order valence-electron chi connectivity index (χ1n) is 6.66. The van der Waals surface area contributed by atoms with Gasteiger partial charge in [-0.2, -0.15) is 5.10 Å². The van der Waals surface area contributed by atoms with Gasteiger partial charge in [-0.1, -0.05) is 0 Å². The van der Waals surface area contributed by atoms with Gasteiger partial charge < -0.3 is 5.73 Å². The summed E-state index contributed by atoms with van der Waals surface area (Å²) in [5, 5.41) is 4.23. The molecular formula is C13H19F2N3. The van der Waals surface area contributed by atoms with Gasteiger partial charge in [0.2, 0.25) is 5.92 Å². The summed E-state index contributed by atoms with van der Waals surface area (Å²) < 4.78 is 28.0. The van der Waals surface area contributed by atoms with Gasteiger partial charge in [-0.15, -0.1) is 0 Å². The van der Waals surface area contributed by atoms with Crippen LogP contribution in [0.2, 0.25) is 0 Å². The molecule has 100 valence electrons. The molecule has 1 heterocycles. The maximum atomic E-state index is 13.1. The minimum Gasteiger partial charge on any atom is -0.325 e. The highest BCUT2D eigenvalue weighted by molar-refractivity contribution is 5.09. The van der Waals surface area contributed by atoms with E-state index in [-0.39, 0.29) is 24.4 Å². The molecule has 2 N–H and O–H groups in total. The first-order valence-corrected chi connectivity index (χ1v) is 6.66. The molecule has 2 saturated carbocycles. The van der Waals surface area contributed by atoms with Crippen molar-refractivity contribution in [2.45, 2.75) is 62.4 Å². The first kappa shape index (κ1) is 12.1. The van der Waals surface area contributed by atoms with Gasteiger partial charge >= 0.3 is 0 Å². The summed E-state index contributed by atoms with van der Waals surface area (Å²) in [6.45, 7) is 0. The highest BCUT2D eigenvalue weighted by Crippen LogP contribution is 2.41. The quantitative estimate of drug-likeness (QED) is 0.899. The smallest absolute Gasteiger partial charge is 0.250 e. The van der Waals surface area contributed by atoms with Crippen LogP contribution in [0.5, 0.6) is 0 Å². The zero-order chi connectivity index (χ0) is 12.8. The van der Waals surface area contributed by atoms with Crippen LogP contribution in [0.25, 0.3) is 0 Å². The van der Waals surface area contributed by atoms with Crippen molar-refractivity contribution in [3.8, 4) is 0 Å². The second kappa shape index (κ2) is 4.02. The van der Waals surface area contributed by atoms with E-state index in [9.17, 15) is 8.78 Å². The normalized spacial score (nSPS) is 28.5. The van der Waals surface area contributed by atoms with E-state index in [1.165, 1.54) is 0 Å². The molecule has 0 saturated heterocycles. The Bertz CT molecular complexity index is 437. The molecule has 0 aromatic carbocycles. The highest BCUT2D eigenvalue weighted by Gasteiger charge is 2.40. The Balaban J connectivity index is 1.59. The topological polar surface area (TPSA) is 43.8 Å². The Morgan fingerprint density at radius 2 is 2.17 bits per heavy atom. The lowest BCUT2D eigenvalue weighted by atomic mass is 10.1. The van der Waals surface area contributed by atoms with E-state index >= 15 is 0 Å². The van der Waals surface area contributed by atoms with Crippen molar-refractivity contribution < 1.29 is 8.78 Å². The van der Waals surface area contributed by atoms with E-state index in [1.54, 1.807) is 10.9 Å². The number of aromatic nitrogens is 2. The second-order valence-electron chi connectivity index (χ2n) is 5.94. The van der Waals surface area contributed by atoms with E-state index in [1.807, 2.05) is 6.20 Å². The molecule has 1 unspecified atom stereocenters. The molecule has 0 spiro atoms. The molecule has 3 rings (SSSR count). The Morgan fingerprint density at radius 1 is 1.39 bits per heavy atom. The molecule has 0 radical (unpaired) electrons. The van der Waals surface area contributed by atoms with Crippen molar-refractivity contribution in [3.05, 3.63) is 18.0 Å². The third kappa shape index (κ3) is 2.55. The van der Waals surface area contributed by atoms with Crippen LogP contribution in [-0.4, -0.2) is 21.2 Å². The monoisotopic (exact) mass is 255 g/mol. The first-order chi connectivity index (χ1) is 8.46. The number of nitrogens with two attached hydrogens (primary N) is 1. The lowest BCUT2D eigenvalue weighted by Crippen LogP contribution is -2.21. The van der Waals surface area contributed by atoms with Crippen LogP contribution in [0.3, 0.4) is 0 Å². The Labute approximate surface area is 105 Å². The average molecular weight is 255 g/mol. The van der Waals surface area contributed by atoms with Crippen LogP contribution in [0, 0.1) is 0 Å². The third-order valence-corrected chi connectivity index (χ3v) is 4.21. The zero-order valence-electron chi connectivity index (χ0n) is 10.4. The van der Waals surface area contributed by atoms with Crippen molar-refractivity contribution in [1.82, 2.24) is 9.78 Å². The summed E-state index contributed by atoms with van der Waals surface area (Å²) in [5.74, 6) is -2.51. The number of alkyl halides is 2. The van der Waals surface area contributed by atoms with Gasteiger partial charge in [0, 0.05) is 24.6 Å². The molecule has 1 aromatic rings. The number of hydrogen-bond donors (Lipinski definition) is 1. The molecule has 0 aliphatic heterocycles. The van der Waals surface area contributed by atoms with Crippen LogP contribution >= 0.6 is 0 Å². The minimum atomic E-state index is -2.51. The maximum absolute atomic E-state index is 13.1. The fourth-order valence-electron chi connectivity index (χ4n) is 2.66. The zero-order valence-corrected chi connectivity index (χ0v) is 10.4. The Kier molecular flexibility index (Phi) is 2.70. The summed E-state index contributed by atoms with van der Waals surface area (Å²) >= 11 is 0. The highest BCUT2D eigenvalue weighted by atomic mass is 19.3. The van der Waals surface area contributed by atoms with Crippen LogP contribution in [0.1, 0.15) is 50.1 Å². The second-order valence-corrected chi connectivity index (χ2v) is 5.94. The SMILES string of the molecule is NC1(CCc2cnn(C3CCC(F)(F)C3)c2)CC1. The molecule has 18 heavy (non-hydrogen) atoms. The standard InChI is InChI=1S/C13H19F2N3/c14-13(15)4-2-11(7-13)18-9-10(8-17-18)1-3-12(16)5-6-12/h8-9,11H,1-7,16H2. The summed E-state index contributed by atoms with van der Waals surface area (Å²) in [6.07, 6.45) is 8.23. The van der Waals surface area contributed by atoms with Gasteiger partial charge in [-0.25, -0.2) is 8.78 Å². The molecule has 0 bridgehead atoms. The number of rotatable bonds is 4. The predicted octanol–water partition coefficient (Wildman–Crippen LogP) is 2.67. The fraction of sp³-hybridized carbons (Fsp3) is 0.769. The van der Waals surface area contributed by atoms with Crippen molar-refractivity contribution in [2.75, 3.05) is 0 Å². The largest absolute Gasteiger partial charge is 0.325 e. The van der Waals surface area contributed by atoms with Crippen molar-refractivity contribution in [3.63, 3.8) is 0 Å². The number of nitrogens with zero attached hydrogens (tertiary/aromatic N) is 2. The third-order valence-electron chi connectivity index (χ3n) is 4.21. The van der Waals surface area contributed by atoms with Gasteiger partial charge in [-0.05, 0) is 37.7 Å². The molecule has 2 aliphatic rings. The Hall–Kier alpha value is -0.970. The van der Waals surface area contributed by atoms with Gasteiger partial charge in [0.15, 0.2) is 0 Å². The van der Waals surface area contributed by atoms with Gasteiger partial charge in [0.25, 0.3) is 0 Å². The number of halogens is 2. The molecule has 2 aliphatic carbocycles. The summed E-state index contributed by atoms with van der Waals surface area (Å²) in [7, 11) is 0. The van der Waals surface area contributed by atoms with Crippen LogP contribution in [0.4, 0.5) is 8.78 Å². The van der Waals surface area contributed by atoms with Crippen LogP contribution in [-0.2, 0) is 6.42 Å². The molecule has 3 nitrogen and oxygen atoms in total. The number of hydrogen-bond acceptors (Lipinski definition) is 2. The summed E-state index contributed by atoms with van der Waals surface area (Å²) in [6, 6.07) is -0.137. The van der Waals surface area contributed by atoms with Crippen molar-refractivity contribution in [1.29, 1.82) is 0 Å². The predicted molar refractivity (Wildman–Crippen MR) is 64.5 cm³/mol. The van der Waals surface area contributed by atoms with Gasteiger partial charge in [0.05, 0.1) is 12.2 Å². The van der Waals surface area contributed by atoms with Crippen molar-refractivity contribution >= 4 is 0 Å². The molecule has 2 fully saturated rings. The van der Waals surface area contributed by atoms with Crippen LogP contribution < -0.4 is 5.73 Å². The minimum absolute atomic E-state index is 0.0151. The maximum Gasteiger partial charge on any atom is 0.250 e. The van der Waals surface area contributed by atoms with E-state index in [0.717, 1.165) is 31.2 Å². The van der Waals surface area contributed by atoms with Gasteiger partial charge in [-0.3, -0.25) is 4.68 Å². The lowest BCUT2D eigenvalue weighted by molar-refractivity contribution is 0.00518. The molecule has 1 atom stereocenters. The van der Waals surface area contributed by atoms with E-state index in [4.69, 9.17) is 5.73 Å². The fourth-order valence-corrected chi connectivity index (χ4v) is 2.66. The van der Waals surface area contributed by atoms with Crippen molar-refractivity contribution in [2.24, 2.45) is 5.73 Å². The van der Waals surface area contributed by atoms with Crippen LogP contribution in [0.15, 0.2) is 12.4 Å². The molecular weight excluding hydrogens is 236 g/mol. The molecule has 1 aromatic heterocycles.